The van der Waals surface area contributed by atoms with Crippen LogP contribution in [0.3, 0.4) is 0 Å². The van der Waals surface area contributed by atoms with Crippen LogP contribution >= 0.6 is 0 Å². The molecular weight excluding hydrogens is 350 g/mol. The molecule has 3 heterocycles. The summed E-state index contributed by atoms with van der Waals surface area (Å²) < 4.78 is 2.08. The first-order chi connectivity index (χ1) is 13.7. The van der Waals surface area contributed by atoms with Gasteiger partial charge < -0.3 is 15.0 Å². The fraction of sp³-hybridized carbons (Fsp3) is 0.136. The van der Waals surface area contributed by atoms with Crippen molar-refractivity contribution in [1.29, 1.82) is 0 Å². The summed E-state index contributed by atoms with van der Waals surface area (Å²) in [6, 6.07) is 17.2. The lowest BCUT2D eigenvalue weighted by atomic mass is 10.2. The van der Waals surface area contributed by atoms with Crippen molar-refractivity contribution >= 4 is 17.2 Å². The summed E-state index contributed by atoms with van der Waals surface area (Å²) in [5, 5.41) is 6.27. The topological polar surface area (TPSA) is 71.3 Å². The van der Waals surface area contributed by atoms with E-state index in [1.54, 1.807) is 12.3 Å². The number of benzene rings is 1. The zero-order valence-corrected chi connectivity index (χ0v) is 15.6. The molecular formula is C22H21N5O. The number of rotatable bonds is 6. The van der Waals surface area contributed by atoms with Gasteiger partial charge in [-0.1, -0.05) is 18.2 Å². The van der Waals surface area contributed by atoms with Gasteiger partial charge in [-0.3, -0.25) is 9.78 Å². The third-order valence-corrected chi connectivity index (χ3v) is 4.48. The molecule has 0 saturated carbocycles. The summed E-state index contributed by atoms with van der Waals surface area (Å²) in [7, 11) is 0. The molecule has 0 fully saturated rings. The summed E-state index contributed by atoms with van der Waals surface area (Å²) in [6.07, 6.45) is 5.65. The number of imidazole rings is 1. The zero-order chi connectivity index (χ0) is 19.3. The maximum absolute atomic E-state index is 12.4. The molecule has 4 rings (SSSR count). The Morgan fingerprint density at radius 3 is 2.82 bits per heavy atom. The van der Waals surface area contributed by atoms with Gasteiger partial charge >= 0.3 is 0 Å². The van der Waals surface area contributed by atoms with E-state index in [9.17, 15) is 4.79 Å². The lowest BCUT2D eigenvalue weighted by molar-refractivity contribution is 0.0950. The summed E-state index contributed by atoms with van der Waals surface area (Å²) in [5.41, 5.74) is 5.48. The Bertz CT molecular complexity index is 1100. The highest BCUT2D eigenvalue weighted by atomic mass is 16.1. The first-order valence-corrected chi connectivity index (χ1v) is 9.14. The Balaban J connectivity index is 1.41. The van der Waals surface area contributed by atoms with Crippen LogP contribution < -0.4 is 10.6 Å². The van der Waals surface area contributed by atoms with E-state index in [4.69, 9.17) is 0 Å². The van der Waals surface area contributed by atoms with E-state index in [1.807, 2.05) is 54.7 Å². The molecule has 0 unspecified atom stereocenters. The molecule has 4 aromatic rings. The third-order valence-electron chi connectivity index (χ3n) is 4.48. The van der Waals surface area contributed by atoms with Crippen molar-refractivity contribution in [3.8, 4) is 0 Å². The number of aryl methyl sites for hydroxylation is 1. The highest BCUT2D eigenvalue weighted by Crippen LogP contribution is 2.14. The van der Waals surface area contributed by atoms with E-state index in [0.29, 0.717) is 18.7 Å². The molecule has 1 amide bonds. The molecule has 0 radical (unpaired) electrons. The minimum atomic E-state index is -0.125. The van der Waals surface area contributed by atoms with Crippen molar-refractivity contribution in [1.82, 2.24) is 19.7 Å². The van der Waals surface area contributed by atoms with Crippen LogP contribution in [0, 0.1) is 6.92 Å². The van der Waals surface area contributed by atoms with Crippen LogP contribution in [0.4, 0.5) is 5.69 Å². The Kier molecular flexibility index (Phi) is 5.01. The Hall–Kier alpha value is -3.67. The number of pyridine rings is 2. The number of fused-ring (bicyclic) bond motifs is 1. The largest absolute Gasteiger partial charge is 0.379 e. The van der Waals surface area contributed by atoms with Gasteiger partial charge in [0.2, 0.25) is 0 Å². The van der Waals surface area contributed by atoms with E-state index in [2.05, 4.69) is 38.1 Å². The van der Waals surface area contributed by atoms with Gasteiger partial charge in [-0.05, 0) is 48.9 Å². The third kappa shape index (κ3) is 4.01. The van der Waals surface area contributed by atoms with Gasteiger partial charge in [0.25, 0.3) is 5.91 Å². The smallest absolute Gasteiger partial charge is 0.251 e. The van der Waals surface area contributed by atoms with E-state index >= 15 is 0 Å². The molecule has 6 nitrogen and oxygen atoms in total. The van der Waals surface area contributed by atoms with Crippen molar-refractivity contribution in [3.63, 3.8) is 0 Å². The summed E-state index contributed by atoms with van der Waals surface area (Å²) in [4.78, 5) is 21.1. The Morgan fingerprint density at radius 1 is 1.04 bits per heavy atom. The van der Waals surface area contributed by atoms with Gasteiger partial charge in [-0.15, -0.1) is 0 Å². The van der Waals surface area contributed by atoms with Gasteiger partial charge in [0.05, 0.1) is 30.7 Å². The van der Waals surface area contributed by atoms with Crippen LogP contribution in [-0.4, -0.2) is 20.3 Å². The number of amides is 1. The maximum atomic E-state index is 12.4. The second kappa shape index (κ2) is 7.92. The monoisotopic (exact) mass is 371 g/mol. The van der Waals surface area contributed by atoms with Crippen molar-refractivity contribution in [2.45, 2.75) is 20.0 Å². The summed E-state index contributed by atoms with van der Waals surface area (Å²) in [6.45, 7) is 3.08. The normalized spacial score (nSPS) is 10.8. The van der Waals surface area contributed by atoms with Gasteiger partial charge in [0.15, 0.2) is 0 Å². The lowest BCUT2D eigenvalue weighted by Crippen LogP contribution is -2.23. The van der Waals surface area contributed by atoms with E-state index in [0.717, 1.165) is 22.7 Å². The molecule has 140 valence electrons. The number of aromatic nitrogens is 3. The first kappa shape index (κ1) is 17.7. The predicted octanol–water partition coefficient (Wildman–Crippen LogP) is 3.58. The van der Waals surface area contributed by atoms with Crippen molar-refractivity contribution in [3.05, 3.63) is 95.7 Å². The van der Waals surface area contributed by atoms with Crippen LogP contribution in [0.2, 0.25) is 0 Å². The van der Waals surface area contributed by atoms with Gasteiger partial charge in [-0.25, -0.2) is 4.98 Å². The number of nitrogens with zero attached hydrogens (tertiary/aromatic N) is 3. The number of hydrogen-bond donors (Lipinski definition) is 2. The Morgan fingerprint density at radius 2 is 1.96 bits per heavy atom. The first-order valence-electron chi connectivity index (χ1n) is 9.14. The Labute approximate surface area is 163 Å². The SMILES string of the molecule is Cc1ccc2ncc(CNc3cccc(C(=O)NCc4ccccn4)c3)n2c1. The standard InChI is InChI=1S/C22H21N5O/c1-16-8-9-21-25-14-20(27(21)15-16)13-24-18-7-4-5-17(11-18)22(28)26-12-19-6-2-3-10-23-19/h2-11,14-15,24H,12-13H2,1H3,(H,26,28). The molecule has 0 aliphatic carbocycles. The highest BCUT2D eigenvalue weighted by Gasteiger charge is 2.08. The lowest BCUT2D eigenvalue weighted by Gasteiger charge is -2.09. The minimum absolute atomic E-state index is 0.125. The maximum Gasteiger partial charge on any atom is 0.251 e. The van der Waals surface area contributed by atoms with E-state index < -0.39 is 0 Å². The van der Waals surface area contributed by atoms with E-state index in [1.165, 1.54) is 5.56 Å². The molecule has 2 N–H and O–H groups in total. The molecule has 0 bridgehead atoms. The van der Waals surface area contributed by atoms with Gasteiger partial charge in [0, 0.05) is 23.6 Å². The molecule has 0 spiro atoms. The second-order valence-electron chi connectivity index (χ2n) is 6.62. The van der Waals surface area contributed by atoms with E-state index in [-0.39, 0.29) is 5.91 Å². The zero-order valence-electron chi connectivity index (χ0n) is 15.6. The number of carbonyl (C=O) groups excluding carboxylic acids is 1. The average molecular weight is 371 g/mol. The minimum Gasteiger partial charge on any atom is -0.379 e. The molecule has 0 atom stereocenters. The summed E-state index contributed by atoms with van der Waals surface area (Å²) in [5.74, 6) is -0.125. The quantitative estimate of drug-likeness (QED) is 0.543. The summed E-state index contributed by atoms with van der Waals surface area (Å²) >= 11 is 0. The average Bonchev–Trinajstić information content (AvgIpc) is 3.13. The second-order valence-corrected chi connectivity index (χ2v) is 6.62. The molecule has 0 aliphatic rings. The van der Waals surface area contributed by atoms with Crippen LogP contribution in [0.1, 0.15) is 27.3 Å². The van der Waals surface area contributed by atoms with Gasteiger partial charge in [-0.2, -0.15) is 0 Å². The molecule has 0 saturated heterocycles. The fourth-order valence-corrected chi connectivity index (χ4v) is 3.01. The van der Waals surface area contributed by atoms with Crippen molar-refractivity contribution < 1.29 is 4.79 Å². The van der Waals surface area contributed by atoms with Crippen molar-refractivity contribution in [2.24, 2.45) is 0 Å². The molecule has 1 aromatic carbocycles. The number of carbonyl (C=O) groups is 1. The molecule has 28 heavy (non-hydrogen) atoms. The van der Waals surface area contributed by atoms with Gasteiger partial charge in [0.1, 0.15) is 5.65 Å². The number of anilines is 1. The van der Waals surface area contributed by atoms with Crippen LogP contribution in [0.15, 0.2) is 73.2 Å². The number of nitrogens with one attached hydrogen (secondary N) is 2. The van der Waals surface area contributed by atoms with Crippen LogP contribution in [0.25, 0.3) is 5.65 Å². The highest BCUT2D eigenvalue weighted by molar-refractivity contribution is 5.95. The molecule has 6 heteroatoms. The van der Waals surface area contributed by atoms with Crippen LogP contribution in [-0.2, 0) is 13.1 Å². The fourth-order valence-electron chi connectivity index (χ4n) is 3.01. The van der Waals surface area contributed by atoms with Crippen LogP contribution in [0.5, 0.6) is 0 Å². The predicted molar refractivity (Wildman–Crippen MR) is 109 cm³/mol. The molecule has 3 aromatic heterocycles. The molecule has 0 aliphatic heterocycles. The van der Waals surface area contributed by atoms with Crippen molar-refractivity contribution in [2.75, 3.05) is 5.32 Å². The number of hydrogen-bond acceptors (Lipinski definition) is 4.